The molecule has 2 aliphatic carbocycles. The van der Waals surface area contributed by atoms with E-state index in [1.807, 2.05) is 0 Å². The number of rotatable bonds is 2. The topological polar surface area (TPSA) is 26.0 Å². The Bertz CT molecular complexity index is 436. The summed E-state index contributed by atoms with van der Waals surface area (Å²) in [5.41, 5.74) is 8.42. The lowest BCUT2D eigenvalue weighted by Gasteiger charge is -2.54. The molecule has 0 spiro atoms. The summed E-state index contributed by atoms with van der Waals surface area (Å²) in [6, 6.07) is 11.2. The molecule has 1 nitrogen and oxygen atoms in total. The van der Waals surface area contributed by atoms with Gasteiger partial charge in [-0.25, -0.2) is 0 Å². The minimum Gasteiger partial charge on any atom is -0.330 e. The molecule has 19 heavy (non-hydrogen) atoms. The highest BCUT2D eigenvalue weighted by Crippen LogP contribution is 2.57. The van der Waals surface area contributed by atoms with Crippen molar-refractivity contribution >= 4 is 0 Å². The van der Waals surface area contributed by atoms with Gasteiger partial charge in [-0.15, -0.1) is 0 Å². The van der Waals surface area contributed by atoms with Gasteiger partial charge in [0.1, 0.15) is 0 Å². The molecule has 3 rings (SSSR count). The summed E-state index contributed by atoms with van der Waals surface area (Å²) in [4.78, 5) is 0. The smallest absolute Gasteiger partial charge is 0.00228 e. The molecule has 4 atom stereocenters. The summed E-state index contributed by atoms with van der Waals surface area (Å²) in [6.45, 7) is 5.69. The Balaban J connectivity index is 2.00. The van der Waals surface area contributed by atoms with Gasteiger partial charge in [0.15, 0.2) is 0 Å². The highest BCUT2D eigenvalue weighted by molar-refractivity contribution is 5.28. The largest absolute Gasteiger partial charge is 0.330 e. The number of benzene rings is 1. The van der Waals surface area contributed by atoms with Crippen LogP contribution in [0.1, 0.15) is 51.5 Å². The fourth-order valence-corrected chi connectivity index (χ4v) is 5.21. The van der Waals surface area contributed by atoms with Crippen molar-refractivity contribution in [1.82, 2.24) is 0 Å². The van der Waals surface area contributed by atoms with Crippen molar-refractivity contribution in [3.63, 3.8) is 0 Å². The second kappa shape index (κ2) is 4.63. The SMILES string of the molecule is CC1CC2CC(C)(CN)CC(c3ccccc3)(C1)C2. The van der Waals surface area contributed by atoms with E-state index in [0.717, 1.165) is 18.4 Å². The average molecular weight is 257 g/mol. The van der Waals surface area contributed by atoms with Gasteiger partial charge < -0.3 is 5.73 Å². The normalized spacial score (nSPS) is 42.1. The zero-order valence-corrected chi connectivity index (χ0v) is 12.4. The van der Waals surface area contributed by atoms with E-state index in [4.69, 9.17) is 5.73 Å². The summed E-state index contributed by atoms with van der Waals surface area (Å²) in [6.07, 6.45) is 6.76. The standard InChI is InChI=1S/C18H27N/c1-14-8-15-10-17(2,13-19)12-18(9-14,11-15)16-6-4-3-5-7-16/h3-7,14-15H,8-13,19H2,1-2H3. The van der Waals surface area contributed by atoms with Crippen molar-refractivity contribution < 1.29 is 0 Å². The molecule has 0 aliphatic heterocycles. The molecule has 2 fully saturated rings. The summed E-state index contributed by atoms with van der Waals surface area (Å²) < 4.78 is 0. The third-order valence-electron chi connectivity index (χ3n) is 5.58. The molecule has 2 N–H and O–H groups in total. The van der Waals surface area contributed by atoms with E-state index in [2.05, 4.69) is 44.2 Å². The maximum Gasteiger partial charge on any atom is -0.00228 e. The van der Waals surface area contributed by atoms with Gasteiger partial charge in [0.2, 0.25) is 0 Å². The molecule has 0 aromatic heterocycles. The van der Waals surface area contributed by atoms with Crippen LogP contribution in [0.2, 0.25) is 0 Å². The van der Waals surface area contributed by atoms with Crippen molar-refractivity contribution in [2.75, 3.05) is 6.54 Å². The number of hydrogen-bond donors (Lipinski definition) is 1. The summed E-state index contributed by atoms with van der Waals surface area (Å²) in [5, 5.41) is 0. The molecule has 1 aromatic rings. The zero-order valence-electron chi connectivity index (χ0n) is 12.4. The third-order valence-corrected chi connectivity index (χ3v) is 5.58. The predicted octanol–water partition coefficient (Wildman–Crippen LogP) is 4.12. The Morgan fingerprint density at radius 2 is 1.89 bits per heavy atom. The first kappa shape index (κ1) is 13.2. The maximum absolute atomic E-state index is 6.11. The molecule has 4 unspecified atom stereocenters. The van der Waals surface area contributed by atoms with E-state index in [1.54, 1.807) is 5.56 Å². The molecule has 0 heterocycles. The Hall–Kier alpha value is -0.820. The van der Waals surface area contributed by atoms with Crippen molar-refractivity contribution in [3.05, 3.63) is 35.9 Å². The molecule has 1 aromatic carbocycles. The molecule has 2 bridgehead atoms. The maximum atomic E-state index is 6.11. The van der Waals surface area contributed by atoms with Gasteiger partial charge >= 0.3 is 0 Å². The van der Waals surface area contributed by atoms with Gasteiger partial charge in [0.25, 0.3) is 0 Å². The Labute approximate surface area is 117 Å². The summed E-state index contributed by atoms with van der Waals surface area (Å²) in [7, 11) is 0. The molecule has 2 saturated carbocycles. The van der Waals surface area contributed by atoms with Crippen molar-refractivity contribution in [2.24, 2.45) is 23.0 Å². The fourth-order valence-electron chi connectivity index (χ4n) is 5.21. The first-order valence-electron chi connectivity index (χ1n) is 7.81. The lowest BCUT2D eigenvalue weighted by molar-refractivity contribution is 0.0252. The summed E-state index contributed by atoms with van der Waals surface area (Å²) >= 11 is 0. The minimum absolute atomic E-state index is 0.346. The molecular formula is C18H27N. The Morgan fingerprint density at radius 3 is 2.58 bits per heavy atom. The fraction of sp³-hybridized carbons (Fsp3) is 0.667. The van der Waals surface area contributed by atoms with Crippen LogP contribution in [0.3, 0.4) is 0 Å². The van der Waals surface area contributed by atoms with Crippen molar-refractivity contribution in [3.8, 4) is 0 Å². The van der Waals surface area contributed by atoms with Crippen LogP contribution >= 0.6 is 0 Å². The first-order valence-corrected chi connectivity index (χ1v) is 7.81. The van der Waals surface area contributed by atoms with E-state index < -0.39 is 0 Å². The number of nitrogens with two attached hydrogens (primary N) is 1. The molecular weight excluding hydrogens is 230 g/mol. The second-order valence-electron chi connectivity index (χ2n) is 7.66. The average Bonchev–Trinajstić information content (AvgIpc) is 2.38. The van der Waals surface area contributed by atoms with E-state index in [0.29, 0.717) is 10.8 Å². The predicted molar refractivity (Wildman–Crippen MR) is 81.0 cm³/mol. The number of hydrogen-bond acceptors (Lipinski definition) is 1. The van der Waals surface area contributed by atoms with Crippen molar-refractivity contribution in [2.45, 2.75) is 51.4 Å². The van der Waals surface area contributed by atoms with Crippen LogP contribution in [-0.2, 0) is 5.41 Å². The van der Waals surface area contributed by atoms with E-state index in [-0.39, 0.29) is 0 Å². The van der Waals surface area contributed by atoms with E-state index in [1.165, 1.54) is 32.1 Å². The van der Waals surface area contributed by atoms with Gasteiger partial charge in [-0.05, 0) is 66.9 Å². The van der Waals surface area contributed by atoms with Crippen LogP contribution in [-0.4, -0.2) is 6.54 Å². The zero-order chi connectivity index (χ0) is 13.5. The van der Waals surface area contributed by atoms with Gasteiger partial charge in [-0.1, -0.05) is 44.2 Å². The van der Waals surface area contributed by atoms with Crippen LogP contribution in [0.15, 0.2) is 30.3 Å². The van der Waals surface area contributed by atoms with Gasteiger partial charge in [0.05, 0.1) is 0 Å². The lowest BCUT2D eigenvalue weighted by Crippen LogP contribution is -2.49. The highest BCUT2D eigenvalue weighted by atomic mass is 14.6. The van der Waals surface area contributed by atoms with E-state index >= 15 is 0 Å². The van der Waals surface area contributed by atoms with Crippen LogP contribution in [0.5, 0.6) is 0 Å². The molecule has 0 saturated heterocycles. The van der Waals surface area contributed by atoms with Crippen LogP contribution in [0.25, 0.3) is 0 Å². The molecule has 104 valence electrons. The van der Waals surface area contributed by atoms with Crippen LogP contribution in [0, 0.1) is 17.3 Å². The van der Waals surface area contributed by atoms with Gasteiger partial charge in [-0.2, -0.15) is 0 Å². The van der Waals surface area contributed by atoms with Gasteiger partial charge in [-0.3, -0.25) is 0 Å². The quantitative estimate of drug-likeness (QED) is 0.847. The second-order valence-corrected chi connectivity index (χ2v) is 7.66. The summed E-state index contributed by atoms with van der Waals surface area (Å²) in [5.74, 6) is 1.74. The van der Waals surface area contributed by atoms with Crippen LogP contribution in [0.4, 0.5) is 0 Å². The van der Waals surface area contributed by atoms with E-state index in [9.17, 15) is 0 Å². The lowest BCUT2D eigenvalue weighted by atomic mass is 9.50. The molecule has 0 radical (unpaired) electrons. The number of fused-ring (bicyclic) bond motifs is 2. The van der Waals surface area contributed by atoms with Gasteiger partial charge in [0, 0.05) is 0 Å². The van der Waals surface area contributed by atoms with Crippen LogP contribution < -0.4 is 5.73 Å². The Morgan fingerprint density at radius 1 is 1.16 bits per heavy atom. The van der Waals surface area contributed by atoms with Crippen molar-refractivity contribution in [1.29, 1.82) is 0 Å². The molecule has 0 amide bonds. The first-order chi connectivity index (χ1) is 9.05. The Kier molecular flexibility index (Phi) is 3.21. The molecule has 2 aliphatic rings. The molecule has 1 heteroatoms. The highest BCUT2D eigenvalue weighted by Gasteiger charge is 2.49. The third kappa shape index (κ3) is 2.33. The monoisotopic (exact) mass is 257 g/mol. The minimum atomic E-state index is 0.346.